The quantitative estimate of drug-likeness (QED) is 0.723. The van der Waals surface area contributed by atoms with E-state index in [0.717, 1.165) is 30.2 Å². The minimum absolute atomic E-state index is 0.471. The molecule has 0 radical (unpaired) electrons. The highest BCUT2D eigenvalue weighted by Crippen LogP contribution is 2.27. The zero-order valence-electron chi connectivity index (χ0n) is 11.7. The zero-order valence-corrected chi connectivity index (χ0v) is 13.3. The third-order valence-electron chi connectivity index (χ3n) is 3.82. The van der Waals surface area contributed by atoms with Gasteiger partial charge in [0.1, 0.15) is 5.54 Å². The first kappa shape index (κ1) is 15.8. The monoisotopic (exact) mass is 354 g/mol. The summed E-state index contributed by atoms with van der Waals surface area (Å²) in [6, 6.07) is 6.67. The number of nitrogens with one attached hydrogen (secondary N) is 2. The average Bonchev–Trinajstić information content (AvgIpc) is 2.68. The van der Waals surface area contributed by atoms with Crippen molar-refractivity contribution in [1.82, 2.24) is 5.32 Å². The molecule has 0 bridgehead atoms. The van der Waals surface area contributed by atoms with Crippen LogP contribution in [0, 0.1) is 0 Å². The number of halogens is 1. The van der Waals surface area contributed by atoms with Crippen LogP contribution in [0.2, 0.25) is 0 Å². The molecule has 3 N–H and O–H groups in total. The lowest BCUT2D eigenvalue weighted by atomic mass is 9.90. The number of urea groups is 1. The predicted molar refractivity (Wildman–Crippen MR) is 84.4 cm³/mol. The first-order valence-electron chi connectivity index (χ1n) is 7.10. The van der Waals surface area contributed by atoms with E-state index in [1.165, 1.54) is 0 Å². The van der Waals surface area contributed by atoms with E-state index in [2.05, 4.69) is 26.6 Å². The Balaban J connectivity index is 2.04. The van der Waals surface area contributed by atoms with Crippen LogP contribution in [-0.2, 0) is 4.79 Å². The predicted octanol–water partition coefficient (Wildman–Crippen LogP) is 3.75. The summed E-state index contributed by atoms with van der Waals surface area (Å²) in [5.41, 5.74) is -0.513. The molecule has 2 rings (SSSR count). The Morgan fingerprint density at radius 2 is 1.62 bits per heavy atom. The van der Waals surface area contributed by atoms with Crippen molar-refractivity contribution in [3.05, 3.63) is 28.7 Å². The Morgan fingerprint density at radius 3 is 2.14 bits per heavy atom. The molecule has 114 valence electrons. The van der Waals surface area contributed by atoms with Crippen molar-refractivity contribution in [1.29, 1.82) is 0 Å². The van der Waals surface area contributed by atoms with Crippen molar-refractivity contribution in [3.8, 4) is 0 Å². The van der Waals surface area contributed by atoms with Gasteiger partial charge in [0, 0.05) is 10.2 Å². The van der Waals surface area contributed by atoms with E-state index in [1.54, 1.807) is 12.1 Å². The average molecular weight is 355 g/mol. The van der Waals surface area contributed by atoms with Crippen molar-refractivity contribution in [2.24, 2.45) is 0 Å². The number of carbonyl (C=O) groups is 2. The van der Waals surface area contributed by atoms with Crippen LogP contribution in [0.25, 0.3) is 0 Å². The van der Waals surface area contributed by atoms with Gasteiger partial charge in [0.15, 0.2) is 0 Å². The van der Waals surface area contributed by atoms with Crippen molar-refractivity contribution in [2.45, 2.75) is 44.1 Å². The van der Waals surface area contributed by atoms with E-state index < -0.39 is 17.5 Å². The third-order valence-corrected chi connectivity index (χ3v) is 4.35. The summed E-state index contributed by atoms with van der Waals surface area (Å²) in [5.74, 6) is -0.949. The number of carboxylic acid groups (broad SMARTS) is 1. The second-order valence-electron chi connectivity index (χ2n) is 5.39. The van der Waals surface area contributed by atoms with Crippen molar-refractivity contribution >= 4 is 33.6 Å². The van der Waals surface area contributed by atoms with Crippen molar-refractivity contribution in [2.75, 3.05) is 5.32 Å². The summed E-state index contributed by atoms with van der Waals surface area (Å²) in [6.07, 6.45) is 4.65. The molecule has 1 aliphatic carbocycles. The van der Waals surface area contributed by atoms with E-state index >= 15 is 0 Å². The lowest BCUT2D eigenvalue weighted by Crippen LogP contribution is -2.55. The SMILES string of the molecule is O=C(Nc1ccc(Br)cc1)NC1(C(=O)O)CCCCCC1. The Labute approximate surface area is 132 Å². The van der Waals surface area contributed by atoms with Gasteiger partial charge in [0.25, 0.3) is 0 Å². The molecular formula is C15H19BrN2O3. The number of benzene rings is 1. The molecule has 0 aliphatic heterocycles. The maximum atomic E-state index is 12.1. The molecule has 0 aromatic heterocycles. The number of amides is 2. The minimum atomic E-state index is -1.14. The molecule has 0 unspecified atom stereocenters. The summed E-state index contributed by atoms with van der Waals surface area (Å²) in [6.45, 7) is 0. The van der Waals surface area contributed by atoms with Crippen LogP contribution in [0.3, 0.4) is 0 Å². The van der Waals surface area contributed by atoms with Crippen LogP contribution in [-0.4, -0.2) is 22.6 Å². The molecular weight excluding hydrogens is 336 g/mol. The van der Waals surface area contributed by atoms with Crippen molar-refractivity contribution in [3.63, 3.8) is 0 Å². The highest BCUT2D eigenvalue weighted by atomic mass is 79.9. The number of hydrogen-bond acceptors (Lipinski definition) is 2. The first-order chi connectivity index (χ1) is 10.0. The number of aliphatic carboxylic acids is 1. The van der Waals surface area contributed by atoms with Gasteiger partial charge in [-0.15, -0.1) is 0 Å². The van der Waals surface area contributed by atoms with E-state index in [0.29, 0.717) is 18.5 Å². The summed E-state index contributed by atoms with van der Waals surface area (Å²) in [5, 5.41) is 14.9. The Bertz CT molecular complexity index is 508. The smallest absolute Gasteiger partial charge is 0.329 e. The second-order valence-corrected chi connectivity index (χ2v) is 6.30. The van der Waals surface area contributed by atoms with Gasteiger partial charge < -0.3 is 15.7 Å². The number of hydrogen-bond donors (Lipinski definition) is 3. The summed E-state index contributed by atoms with van der Waals surface area (Å²) < 4.78 is 0.916. The fourth-order valence-corrected chi connectivity index (χ4v) is 2.90. The molecule has 1 aromatic rings. The van der Waals surface area contributed by atoms with Gasteiger partial charge in [-0.1, -0.05) is 41.6 Å². The molecule has 0 saturated heterocycles. The Kier molecular flexibility index (Phi) is 5.22. The Morgan fingerprint density at radius 1 is 1.05 bits per heavy atom. The lowest BCUT2D eigenvalue weighted by Gasteiger charge is -2.29. The van der Waals surface area contributed by atoms with Gasteiger partial charge in [-0.3, -0.25) is 0 Å². The van der Waals surface area contributed by atoms with E-state index in [1.807, 2.05) is 12.1 Å². The molecule has 0 spiro atoms. The largest absolute Gasteiger partial charge is 0.480 e. The summed E-state index contributed by atoms with van der Waals surface area (Å²) >= 11 is 3.32. The number of carboxylic acids is 1. The molecule has 1 aromatic carbocycles. The van der Waals surface area contributed by atoms with Crippen LogP contribution in [0.4, 0.5) is 10.5 Å². The fourth-order valence-electron chi connectivity index (χ4n) is 2.64. The van der Waals surface area contributed by atoms with E-state index in [9.17, 15) is 14.7 Å². The van der Waals surface area contributed by atoms with Gasteiger partial charge in [-0.25, -0.2) is 9.59 Å². The van der Waals surface area contributed by atoms with Crippen molar-refractivity contribution < 1.29 is 14.7 Å². The van der Waals surface area contributed by atoms with Gasteiger partial charge >= 0.3 is 12.0 Å². The molecule has 2 amide bonds. The van der Waals surface area contributed by atoms with Crippen LogP contribution < -0.4 is 10.6 Å². The molecule has 21 heavy (non-hydrogen) atoms. The first-order valence-corrected chi connectivity index (χ1v) is 7.89. The maximum absolute atomic E-state index is 12.1. The number of anilines is 1. The molecule has 1 fully saturated rings. The highest BCUT2D eigenvalue weighted by Gasteiger charge is 2.40. The fraction of sp³-hybridized carbons (Fsp3) is 0.467. The number of rotatable bonds is 3. The molecule has 5 nitrogen and oxygen atoms in total. The maximum Gasteiger partial charge on any atom is 0.329 e. The van der Waals surface area contributed by atoms with E-state index in [-0.39, 0.29) is 0 Å². The molecule has 6 heteroatoms. The topological polar surface area (TPSA) is 78.4 Å². The third kappa shape index (κ3) is 4.20. The van der Waals surface area contributed by atoms with Crippen LogP contribution in [0.15, 0.2) is 28.7 Å². The number of carbonyl (C=O) groups excluding carboxylic acids is 1. The summed E-state index contributed by atoms with van der Waals surface area (Å²) in [7, 11) is 0. The van der Waals surface area contributed by atoms with E-state index in [4.69, 9.17) is 0 Å². The Hall–Kier alpha value is -1.56. The lowest BCUT2D eigenvalue weighted by molar-refractivity contribution is -0.145. The zero-order chi connectivity index (χ0) is 15.3. The summed E-state index contributed by atoms with van der Waals surface area (Å²) in [4.78, 5) is 23.7. The molecule has 1 saturated carbocycles. The van der Waals surface area contributed by atoms with Gasteiger partial charge in [-0.05, 0) is 37.1 Å². The molecule has 0 atom stereocenters. The minimum Gasteiger partial charge on any atom is -0.480 e. The highest BCUT2D eigenvalue weighted by molar-refractivity contribution is 9.10. The normalized spacial score (nSPS) is 17.6. The van der Waals surface area contributed by atoms with Crippen LogP contribution in [0.1, 0.15) is 38.5 Å². The van der Waals surface area contributed by atoms with Crippen LogP contribution in [0.5, 0.6) is 0 Å². The molecule has 1 aliphatic rings. The van der Waals surface area contributed by atoms with Gasteiger partial charge in [0.2, 0.25) is 0 Å². The van der Waals surface area contributed by atoms with Gasteiger partial charge in [0.05, 0.1) is 0 Å². The standard InChI is InChI=1S/C15H19BrN2O3/c16-11-5-7-12(8-6-11)17-14(21)18-15(13(19)20)9-3-1-2-4-10-15/h5-8H,1-4,9-10H2,(H,19,20)(H2,17,18,21). The van der Waals surface area contributed by atoms with Gasteiger partial charge in [-0.2, -0.15) is 0 Å². The molecule has 0 heterocycles. The second kappa shape index (κ2) is 6.93. The van der Waals surface area contributed by atoms with Crippen LogP contribution >= 0.6 is 15.9 Å².